The maximum absolute atomic E-state index is 6.16. The van der Waals surface area contributed by atoms with E-state index < -0.39 is 0 Å². The van der Waals surface area contributed by atoms with Gasteiger partial charge in [0, 0.05) is 21.4 Å². The van der Waals surface area contributed by atoms with Crippen LogP contribution in [0, 0.1) is 6.92 Å². The molecule has 0 saturated heterocycles. The maximum Gasteiger partial charge on any atom is 0.119 e. The first-order chi connectivity index (χ1) is 10.2. The first-order valence-electron chi connectivity index (χ1n) is 7.01. The number of methoxy groups -OCH3 is 1. The Bertz CT molecular complexity index is 659. The number of aryl methyl sites for hydroxylation is 1. The number of anilines is 1. The lowest BCUT2D eigenvalue weighted by Crippen LogP contribution is -2.16. The molecule has 0 saturated carbocycles. The molecule has 0 bridgehead atoms. The molecule has 1 aliphatic rings. The second-order valence-corrected chi connectivity index (χ2v) is 6.77. The van der Waals surface area contributed by atoms with Gasteiger partial charge in [-0.05, 0) is 60.9 Å². The summed E-state index contributed by atoms with van der Waals surface area (Å²) in [5, 5.41) is 4.46. The molecule has 2 nitrogen and oxygen atoms in total. The average Bonchev–Trinajstić information content (AvgIpc) is 2.49. The monoisotopic (exact) mass is 319 g/mol. The molecule has 110 valence electrons. The lowest BCUT2D eigenvalue weighted by atomic mass is 10.0. The quantitative estimate of drug-likeness (QED) is 0.828. The number of thioether (sulfide) groups is 1. The Morgan fingerprint density at radius 3 is 2.86 bits per heavy atom. The first kappa shape index (κ1) is 14.6. The summed E-state index contributed by atoms with van der Waals surface area (Å²) in [5.41, 5.74) is 3.64. The Balaban J connectivity index is 1.88. The highest BCUT2D eigenvalue weighted by Gasteiger charge is 2.21. The van der Waals surface area contributed by atoms with Crippen LogP contribution in [0.4, 0.5) is 5.69 Å². The van der Waals surface area contributed by atoms with Gasteiger partial charge in [-0.3, -0.25) is 0 Å². The Morgan fingerprint density at radius 1 is 1.24 bits per heavy atom. The number of ether oxygens (including phenoxy) is 1. The lowest BCUT2D eigenvalue weighted by molar-refractivity contribution is 0.414. The van der Waals surface area contributed by atoms with Crippen LogP contribution < -0.4 is 10.1 Å². The fraction of sp³-hybridized carbons (Fsp3) is 0.294. The van der Waals surface area contributed by atoms with Crippen molar-refractivity contribution in [3.8, 4) is 5.75 Å². The highest BCUT2D eigenvalue weighted by Crippen LogP contribution is 2.39. The fourth-order valence-corrected chi connectivity index (χ4v) is 3.91. The van der Waals surface area contributed by atoms with E-state index in [1.807, 2.05) is 23.9 Å². The van der Waals surface area contributed by atoms with E-state index in [1.54, 1.807) is 7.11 Å². The summed E-state index contributed by atoms with van der Waals surface area (Å²) in [7, 11) is 1.69. The number of rotatable bonds is 3. The molecule has 3 rings (SSSR count). The van der Waals surface area contributed by atoms with E-state index in [0.29, 0.717) is 6.04 Å². The summed E-state index contributed by atoms with van der Waals surface area (Å²) in [5.74, 6) is 2.02. The smallest absolute Gasteiger partial charge is 0.119 e. The van der Waals surface area contributed by atoms with Gasteiger partial charge in [0.15, 0.2) is 0 Å². The number of hydrogen-bond donors (Lipinski definition) is 1. The van der Waals surface area contributed by atoms with Gasteiger partial charge in [0.2, 0.25) is 0 Å². The third-order valence-electron chi connectivity index (χ3n) is 3.77. The zero-order valence-corrected chi connectivity index (χ0v) is 13.7. The largest absolute Gasteiger partial charge is 0.497 e. The van der Waals surface area contributed by atoms with Gasteiger partial charge in [0.05, 0.1) is 13.2 Å². The normalized spacial score (nSPS) is 17.2. The minimum absolute atomic E-state index is 0.312. The summed E-state index contributed by atoms with van der Waals surface area (Å²) in [6.45, 7) is 2.10. The molecule has 0 aromatic heterocycles. The standard InChI is InChI=1S/C17H18ClNOS/c1-11-9-13(20-2)4-5-15(11)19-16-7-8-21-17-6-3-12(18)10-14(16)17/h3-6,9-10,16,19H,7-8H2,1-2H3. The number of fused-ring (bicyclic) bond motifs is 1. The van der Waals surface area contributed by atoms with Crippen LogP contribution in [0.25, 0.3) is 0 Å². The van der Waals surface area contributed by atoms with Crippen LogP contribution in [0.3, 0.4) is 0 Å². The third kappa shape index (κ3) is 3.14. The van der Waals surface area contributed by atoms with Crippen LogP contribution >= 0.6 is 23.4 Å². The van der Waals surface area contributed by atoms with E-state index in [2.05, 4.69) is 36.5 Å². The Labute approximate surface area is 134 Å². The Hall–Kier alpha value is -1.32. The second kappa shape index (κ2) is 6.20. The van der Waals surface area contributed by atoms with Gasteiger partial charge in [0.25, 0.3) is 0 Å². The molecule has 0 spiro atoms. The second-order valence-electron chi connectivity index (χ2n) is 5.20. The van der Waals surface area contributed by atoms with Crippen LogP contribution in [-0.2, 0) is 0 Å². The van der Waals surface area contributed by atoms with Crippen LogP contribution in [0.2, 0.25) is 5.02 Å². The molecule has 1 atom stereocenters. The van der Waals surface area contributed by atoms with Crippen molar-refractivity contribution in [1.29, 1.82) is 0 Å². The van der Waals surface area contributed by atoms with Crippen LogP contribution in [0.1, 0.15) is 23.6 Å². The first-order valence-corrected chi connectivity index (χ1v) is 8.37. The summed E-state index contributed by atoms with van der Waals surface area (Å²) in [6.07, 6.45) is 1.10. The van der Waals surface area contributed by atoms with Gasteiger partial charge in [-0.1, -0.05) is 11.6 Å². The molecule has 2 aromatic carbocycles. The predicted molar refractivity (Wildman–Crippen MR) is 90.9 cm³/mol. The van der Waals surface area contributed by atoms with Crippen LogP contribution in [0.15, 0.2) is 41.3 Å². The number of nitrogens with one attached hydrogen (secondary N) is 1. The summed E-state index contributed by atoms with van der Waals surface area (Å²) in [6, 6.07) is 12.6. The van der Waals surface area contributed by atoms with Crippen molar-refractivity contribution in [1.82, 2.24) is 0 Å². The minimum Gasteiger partial charge on any atom is -0.497 e. The SMILES string of the molecule is COc1ccc(NC2CCSc3ccc(Cl)cc32)c(C)c1. The van der Waals surface area contributed by atoms with Crippen molar-refractivity contribution in [2.45, 2.75) is 24.3 Å². The molecule has 0 fully saturated rings. The number of halogens is 1. The van der Waals surface area contributed by atoms with Crippen molar-refractivity contribution in [2.24, 2.45) is 0 Å². The Morgan fingerprint density at radius 2 is 2.10 bits per heavy atom. The van der Waals surface area contributed by atoms with Gasteiger partial charge in [0.1, 0.15) is 5.75 Å². The molecule has 0 radical (unpaired) electrons. The number of benzene rings is 2. The molecule has 1 unspecified atom stereocenters. The zero-order valence-electron chi connectivity index (χ0n) is 12.2. The molecule has 21 heavy (non-hydrogen) atoms. The van der Waals surface area contributed by atoms with Crippen molar-refractivity contribution in [2.75, 3.05) is 18.2 Å². The predicted octanol–water partition coefficient (Wildman–Crippen LogP) is 5.31. The zero-order chi connectivity index (χ0) is 14.8. The Kier molecular flexibility index (Phi) is 4.32. The third-order valence-corrected chi connectivity index (χ3v) is 5.13. The van der Waals surface area contributed by atoms with Crippen molar-refractivity contribution in [3.63, 3.8) is 0 Å². The molecular weight excluding hydrogens is 302 g/mol. The van der Waals surface area contributed by atoms with Gasteiger partial charge in [-0.25, -0.2) is 0 Å². The van der Waals surface area contributed by atoms with Gasteiger partial charge in [-0.15, -0.1) is 11.8 Å². The minimum atomic E-state index is 0.312. The van der Waals surface area contributed by atoms with E-state index in [4.69, 9.17) is 16.3 Å². The average molecular weight is 320 g/mol. The molecule has 1 heterocycles. The molecule has 0 amide bonds. The molecule has 0 aliphatic carbocycles. The van der Waals surface area contributed by atoms with E-state index >= 15 is 0 Å². The molecule has 1 N–H and O–H groups in total. The van der Waals surface area contributed by atoms with Crippen LogP contribution in [-0.4, -0.2) is 12.9 Å². The van der Waals surface area contributed by atoms with Crippen molar-refractivity contribution < 1.29 is 4.74 Å². The van der Waals surface area contributed by atoms with Crippen molar-refractivity contribution >= 4 is 29.1 Å². The summed E-state index contributed by atoms with van der Waals surface area (Å²) in [4.78, 5) is 1.33. The summed E-state index contributed by atoms with van der Waals surface area (Å²) < 4.78 is 5.26. The molecule has 1 aliphatic heterocycles. The maximum atomic E-state index is 6.16. The van der Waals surface area contributed by atoms with Gasteiger partial charge in [-0.2, -0.15) is 0 Å². The highest BCUT2D eigenvalue weighted by molar-refractivity contribution is 7.99. The lowest BCUT2D eigenvalue weighted by Gasteiger charge is -2.27. The van der Waals surface area contributed by atoms with E-state index in [9.17, 15) is 0 Å². The van der Waals surface area contributed by atoms with Gasteiger partial charge >= 0.3 is 0 Å². The van der Waals surface area contributed by atoms with E-state index in [1.165, 1.54) is 16.0 Å². The molecular formula is C17H18ClNOS. The fourth-order valence-electron chi connectivity index (χ4n) is 2.63. The van der Waals surface area contributed by atoms with Crippen molar-refractivity contribution in [3.05, 3.63) is 52.5 Å². The topological polar surface area (TPSA) is 21.3 Å². The van der Waals surface area contributed by atoms with Crippen LogP contribution in [0.5, 0.6) is 5.75 Å². The van der Waals surface area contributed by atoms with E-state index in [-0.39, 0.29) is 0 Å². The number of hydrogen-bond acceptors (Lipinski definition) is 3. The highest BCUT2D eigenvalue weighted by atomic mass is 35.5. The van der Waals surface area contributed by atoms with E-state index in [0.717, 1.165) is 28.6 Å². The van der Waals surface area contributed by atoms with Gasteiger partial charge < -0.3 is 10.1 Å². The summed E-state index contributed by atoms with van der Waals surface area (Å²) >= 11 is 8.07. The molecule has 4 heteroatoms. The molecule has 2 aromatic rings.